The van der Waals surface area contributed by atoms with Crippen LogP contribution in [0, 0.1) is 11.6 Å². The minimum Gasteiger partial charge on any atom is -0.207 e. The van der Waals surface area contributed by atoms with Gasteiger partial charge in [0.1, 0.15) is 11.6 Å². The van der Waals surface area contributed by atoms with Gasteiger partial charge in [0, 0.05) is 24.3 Å². The summed E-state index contributed by atoms with van der Waals surface area (Å²) >= 11 is 0. The van der Waals surface area contributed by atoms with Crippen molar-refractivity contribution in [2.24, 2.45) is 0 Å². The summed E-state index contributed by atoms with van der Waals surface area (Å²) in [6, 6.07) is 5.35. The SMILES string of the molecule is Fc1ccc([S+](c2cc(F)cc(C(F)(F)F)c2)c2cc(C(F)(F)F)cc(C(F)(F)F)c2)cc1. The molecule has 0 heterocycles. The van der Waals surface area contributed by atoms with Crippen molar-refractivity contribution in [1.29, 1.82) is 0 Å². The number of hydrogen-bond donors (Lipinski definition) is 0. The van der Waals surface area contributed by atoms with Crippen LogP contribution in [0.3, 0.4) is 0 Å². The van der Waals surface area contributed by atoms with Crippen LogP contribution in [0.25, 0.3) is 0 Å². The van der Waals surface area contributed by atoms with E-state index >= 15 is 0 Å². The van der Waals surface area contributed by atoms with Crippen LogP contribution in [0.1, 0.15) is 16.7 Å². The van der Waals surface area contributed by atoms with Gasteiger partial charge in [-0.1, -0.05) is 0 Å². The largest absolute Gasteiger partial charge is 0.416 e. The minimum absolute atomic E-state index is 0.123. The molecule has 3 aromatic carbocycles. The third-order valence-corrected chi connectivity index (χ3v) is 6.44. The van der Waals surface area contributed by atoms with Crippen molar-refractivity contribution in [3.63, 3.8) is 0 Å². The molecule has 0 spiro atoms. The summed E-state index contributed by atoms with van der Waals surface area (Å²) in [4.78, 5) is -1.34. The highest BCUT2D eigenvalue weighted by molar-refractivity contribution is 7.97. The summed E-state index contributed by atoms with van der Waals surface area (Å²) < 4.78 is 147. The second kappa shape index (κ2) is 8.54. The Labute approximate surface area is 182 Å². The van der Waals surface area contributed by atoms with Gasteiger partial charge in [-0.3, -0.25) is 0 Å². The quantitative estimate of drug-likeness (QED) is 0.250. The van der Waals surface area contributed by atoms with E-state index in [1.54, 1.807) is 0 Å². The molecular formula is C21H10F11S+. The summed E-state index contributed by atoms with van der Waals surface area (Å²) in [7, 11) is -2.08. The lowest BCUT2D eigenvalue weighted by Gasteiger charge is -2.15. The Hall–Kier alpha value is -2.76. The number of rotatable bonds is 3. The van der Waals surface area contributed by atoms with Gasteiger partial charge in [0.05, 0.1) is 27.6 Å². The number of alkyl halides is 9. The molecule has 0 saturated carbocycles. The molecule has 0 amide bonds. The maximum Gasteiger partial charge on any atom is 0.416 e. The fourth-order valence-electron chi connectivity index (χ4n) is 2.87. The average Bonchev–Trinajstić information content (AvgIpc) is 2.67. The fourth-order valence-corrected chi connectivity index (χ4v) is 5.06. The van der Waals surface area contributed by atoms with Gasteiger partial charge in [-0.05, 0) is 36.4 Å². The number of hydrogen-bond acceptors (Lipinski definition) is 0. The van der Waals surface area contributed by atoms with E-state index in [1.165, 1.54) is 0 Å². The van der Waals surface area contributed by atoms with E-state index in [0.717, 1.165) is 24.3 Å². The lowest BCUT2D eigenvalue weighted by Crippen LogP contribution is -2.15. The van der Waals surface area contributed by atoms with E-state index in [2.05, 4.69) is 0 Å². The summed E-state index contributed by atoms with van der Waals surface area (Å²) in [5, 5.41) is 0. The number of benzene rings is 3. The first kappa shape index (κ1) is 24.9. The van der Waals surface area contributed by atoms with Gasteiger partial charge in [0.2, 0.25) is 0 Å². The molecule has 0 bridgehead atoms. The fraction of sp³-hybridized carbons (Fsp3) is 0.143. The van der Waals surface area contributed by atoms with Crippen LogP contribution in [0.4, 0.5) is 48.3 Å². The molecule has 0 aliphatic carbocycles. The monoisotopic (exact) mass is 503 g/mol. The minimum atomic E-state index is -5.22. The normalized spacial score (nSPS) is 13.8. The molecule has 0 saturated heterocycles. The van der Waals surface area contributed by atoms with E-state index in [0.29, 0.717) is 24.3 Å². The Morgan fingerprint density at radius 3 is 1.24 bits per heavy atom. The smallest absolute Gasteiger partial charge is 0.207 e. The maximum atomic E-state index is 14.0. The molecule has 3 aromatic rings. The molecule has 3 rings (SSSR count). The van der Waals surface area contributed by atoms with Crippen LogP contribution in [-0.4, -0.2) is 0 Å². The molecule has 0 aliphatic rings. The van der Waals surface area contributed by atoms with Crippen molar-refractivity contribution in [3.8, 4) is 0 Å². The molecule has 176 valence electrons. The van der Waals surface area contributed by atoms with Gasteiger partial charge in [-0.2, -0.15) is 39.5 Å². The Balaban J connectivity index is 2.35. The van der Waals surface area contributed by atoms with E-state index in [1.807, 2.05) is 0 Å². The van der Waals surface area contributed by atoms with Gasteiger partial charge in [0.15, 0.2) is 14.7 Å². The number of halogens is 11. The zero-order valence-electron chi connectivity index (χ0n) is 15.8. The van der Waals surface area contributed by atoms with Crippen molar-refractivity contribution in [2.75, 3.05) is 0 Å². The van der Waals surface area contributed by atoms with Gasteiger partial charge < -0.3 is 0 Å². The molecule has 1 atom stereocenters. The first-order valence-corrected chi connectivity index (χ1v) is 9.95. The van der Waals surface area contributed by atoms with Crippen molar-refractivity contribution < 1.29 is 48.3 Å². The molecular weight excluding hydrogens is 493 g/mol. The summed E-state index contributed by atoms with van der Waals surface area (Å²) in [5.41, 5.74) is -4.88. The molecule has 0 fully saturated rings. The predicted molar refractivity (Wildman–Crippen MR) is 96.4 cm³/mol. The van der Waals surface area contributed by atoms with Gasteiger partial charge >= 0.3 is 18.5 Å². The lowest BCUT2D eigenvalue weighted by atomic mass is 10.1. The Morgan fingerprint density at radius 1 is 0.424 bits per heavy atom. The highest BCUT2D eigenvalue weighted by Crippen LogP contribution is 2.42. The van der Waals surface area contributed by atoms with Crippen molar-refractivity contribution >= 4 is 10.9 Å². The van der Waals surface area contributed by atoms with Crippen molar-refractivity contribution in [3.05, 3.63) is 89.0 Å². The Kier molecular flexibility index (Phi) is 6.44. The first-order chi connectivity index (χ1) is 15.1. The zero-order chi connectivity index (χ0) is 24.8. The van der Waals surface area contributed by atoms with Gasteiger partial charge in [-0.15, -0.1) is 0 Å². The zero-order valence-corrected chi connectivity index (χ0v) is 16.7. The van der Waals surface area contributed by atoms with Gasteiger partial charge in [0.25, 0.3) is 0 Å². The predicted octanol–water partition coefficient (Wildman–Crippen LogP) is 8.12. The molecule has 12 heteroatoms. The second-order valence-electron chi connectivity index (χ2n) is 6.68. The second-order valence-corrected chi connectivity index (χ2v) is 8.70. The Morgan fingerprint density at radius 2 is 0.818 bits per heavy atom. The molecule has 1 unspecified atom stereocenters. The highest BCUT2D eigenvalue weighted by atomic mass is 32.2. The molecule has 0 nitrogen and oxygen atoms in total. The van der Waals surface area contributed by atoms with Gasteiger partial charge in [-0.25, -0.2) is 8.78 Å². The van der Waals surface area contributed by atoms with Crippen LogP contribution in [-0.2, 0) is 29.4 Å². The third kappa shape index (κ3) is 5.79. The molecule has 33 heavy (non-hydrogen) atoms. The van der Waals surface area contributed by atoms with Crippen molar-refractivity contribution in [2.45, 2.75) is 33.2 Å². The topological polar surface area (TPSA) is 0 Å². The molecule has 0 aromatic heterocycles. The van der Waals surface area contributed by atoms with Crippen LogP contribution < -0.4 is 0 Å². The third-order valence-electron chi connectivity index (χ3n) is 4.28. The summed E-state index contributed by atoms with van der Waals surface area (Å²) in [6.45, 7) is 0. The molecule has 0 aliphatic heterocycles. The van der Waals surface area contributed by atoms with E-state index in [4.69, 9.17) is 0 Å². The average molecular weight is 503 g/mol. The summed E-state index contributed by atoms with van der Waals surface area (Å²) in [6.07, 6.45) is -15.5. The standard InChI is InChI=1S/C21H10F11S/c22-14-1-3-16(4-2-14)33(18-9-13(21(30,31)32)6-15(23)10-18)17-7-11(19(24,25)26)5-12(8-17)20(27,28)29/h1-10H/q+1. The lowest BCUT2D eigenvalue weighted by molar-refractivity contribution is -0.143. The van der Waals surface area contributed by atoms with Crippen LogP contribution in [0.5, 0.6) is 0 Å². The highest BCUT2D eigenvalue weighted by Gasteiger charge is 2.42. The van der Waals surface area contributed by atoms with Crippen LogP contribution in [0.15, 0.2) is 75.4 Å². The first-order valence-electron chi connectivity index (χ1n) is 8.73. The van der Waals surface area contributed by atoms with E-state index < -0.39 is 67.5 Å². The van der Waals surface area contributed by atoms with Crippen molar-refractivity contribution in [1.82, 2.24) is 0 Å². The summed E-state index contributed by atoms with van der Waals surface area (Å²) in [5.74, 6) is -2.21. The maximum absolute atomic E-state index is 14.0. The van der Waals surface area contributed by atoms with Crippen LogP contribution >= 0.6 is 0 Å². The van der Waals surface area contributed by atoms with Crippen LogP contribution in [0.2, 0.25) is 0 Å². The molecule has 0 radical (unpaired) electrons. The Bertz CT molecular complexity index is 1110. The van der Waals surface area contributed by atoms with E-state index in [-0.39, 0.29) is 17.0 Å². The molecule has 0 N–H and O–H groups in total. The van der Waals surface area contributed by atoms with E-state index in [9.17, 15) is 48.3 Å².